The number of amides is 1. The molecular formula is C15H13BrN4O2. The van der Waals surface area contributed by atoms with Crippen LogP contribution in [0.2, 0.25) is 0 Å². The number of hydrogen-bond donors (Lipinski definition) is 1. The van der Waals surface area contributed by atoms with Crippen molar-refractivity contribution < 1.29 is 9.21 Å². The van der Waals surface area contributed by atoms with Crippen LogP contribution in [-0.2, 0) is 13.6 Å². The second-order valence-corrected chi connectivity index (χ2v) is 5.49. The Morgan fingerprint density at radius 3 is 2.91 bits per heavy atom. The maximum atomic E-state index is 11.9. The van der Waals surface area contributed by atoms with Gasteiger partial charge in [-0.2, -0.15) is 5.10 Å². The first-order chi connectivity index (χ1) is 10.6. The highest BCUT2D eigenvalue weighted by molar-refractivity contribution is 9.10. The van der Waals surface area contributed by atoms with Crippen molar-refractivity contribution in [2.45, 2.75) is 6.54 Å². The molecule has 3 rings (SSSR count). The molecule has 0 spiro atoms. The van der Waals surface area contributed by atoms with E-state index in [1.54, 1.807) is 35.4 Å². The Balaban J connectivity index is 1.71. The van der Waals surface area contributed by atoms with Crippen LogP contribution in [0, 0.1) is 0 Å². The molecule has 6 nitrogen and oxygen atoms in total. The van der Waals surface area contributed by atoms with Gasteiger partial charge >= 0.3 is 0 Å². The van der Waals surface area contributed by atoms with Crippen LogP contribution in [-0.4, -0.2) is 20.7 Å². The number of aromatic nitrogens is 3. The number of furan rings is 1. The van der Waals surface area contributed by atoms with Crippen LogP contribution in [0.25, 0.3) is 11.3 Å². The molecule has 0 aliphatic carbocycles. The molecule has 0 aliphatic heterocycles. The predicted molar refractivity (Wildman–Crippen MR) is 84.0 cm³/mol. The third kappa shape index (κ3) is 3.09. The van der Waals surface area contributed by atoms with Crippen LogP contribution in [0.1, 0.15) is 16.1 Å². The van der Waals surface area contributed by atoms with E-state index in [4.69, 9.17) is 4.42 Å². The van der Waals surface area contributed by atoms with Gasteiger partial charge in [-0.15, -0.1) is 0 Å². The summed E-state index contributed by atoms with van der Waals surface area (Å²) in [6.45, 7) is 0.371. The van der Waals surface area contributed by atoms with Gasteiger partial charge in [-0.05, 0) is 45.8 Å². The van der Waals surface area contributed by atoms with E-state index in [2.05, 4.69) is 31.3 Å². The first-order valence-electron chi connectivity index (χ1n) is 6.59. The summed E-state index contributed by atoms with van der Waals surface area (Å²) in [6.07, 6.45) is 5.22. The Hall–Kier alpha value is -2.41. The zero-order valence-electron chi connectivity index (χ0n) is 11.8. The standard InChI is InChI=1S/C15H13BrN4O2/c1-20-12(4-5-19-20)11-6-10(7-17-9-11)8-18-15(21)13-2-3-14(16)22-13/h2-7,9H,8H2,1H3,(H,18,21). The monoisotopic (exact) mass is 360 g/mol. The Morgan fingerprint density at radius 2 is 2.23 bits per heavy atom. The van der Waals surface area contributed by atoms with E-state index in [1.807, 2.05) is 19.2 Å². The molecule has 0 bridgehead atoms. The topological polar surface area (TPSA) is 73.0 Å². The fourth-order valence-corrected chi connectivity index (χ4v) is 2.39. The summed E-state index contributed by atoms with van der Waals surface area (Å²) < 4.78 is 7.51. The van der Waals surface area contributed by atoms with Gasteiger partial charge in [0, 0.05) is 37.7 Å². The van der Waals surface area contributed by atoms with E-state index in [9.17, 15) is 4.79 Å². The normalized spacial score (nSPS) is 10.6. The van der Waals surface area contributed by atoms with Gasteiger partial charge in [-0.25, -0.2) is 0 Å². The number of nitrogens with one attached hydrogen (secondary N) is 1. The van der Waals surface area contributed by atoms with E-state index in [-0.39, 0.29) is 11.7 Å². The summed E-state index contributed by atoms with van der Waals surface area (Å²) in [5.74, 6) is -0.000685. The summed E-state index contributed by atoms with van der Waals surface area (Å²) in [4.78, 5) is 16.2. The van der Waals surface area contributed by atoms with E-state index in [1.165, 1.54) is 0 Å². The van der Waals surface area contributed by atoms with Gasteiger partial charge in [-0.1, -0.05) is 0 Å². The quantitative estimate of drug-likeness (QED) is 0.776. The number of aryl methyl sites for hydroxylation is 1. The van der Waals surface area contributed by atoms with Crippen molar-refractivity contribution in [3.05, 3.63) is 58.8 Å². The summed E-state index contributed by atoms with van der Waals surface area (Å²) in [7, 11) is 1.87. The van der Waals surface area contributed by atoms with E-state index in [0.29, 0.717) is 11.2 Å². The zero-order chi connectivity index (χ0) is 15.5. The number of carbonyl (C=O) groups excluding carboxylic acids is 1. The average molecular weight is 361 g/mol. The molecule has 3 aromatic rings. The molecule has 0 aromatic carbocycles. The molecule has 0 saturated heterocycles. The fourth-order valence-electron chi connectivity index (χ4n) is 2.09. The van der Waals surface area contributed by atoms with Gasteiger partial charge in [0.15, 0.2) is 10.4 Å². The molecule has 3 aromatic heterocycles. The number of rotatable bonds is 4. The number of hydrogen-bond acceptors (Lipinski definition) is 4. The van der Waals surface area contributed by atoms with Crippen LogP contribution in [0.15, 0.2) is 51.9 Å². The molecule has 0 atom stereocenters. The lowest BCUT2D eigenvalue weighted by Gasteiger charge is -2.06. The molecular weight excluding hydrogens is 348 g/mol. The zero-order valence-corrected chi connectivity index (χ0v) is 13.4. The number of pyridine rings is 1. The first kappa shape index (κ1) is 14.5. The second kappa shape index (κ2) is 6.15. The summed E-state index contributed by atoms with van der Waals surface area (Å²) in [6, 6.07) is 7.19. The minimum atomic E-state index is -0.267. The number of nitrogens with zero attached hydrogens (tertiary/aromatic N) is 3. The third-order valence-corrected chi connectivity index (χ3v) is 3.59. The van der Waals surface area contributed by atoms with Crippen molar-refractivity contribution in [1.29, 1.82) is 0 Å². The van der Waals surface area contributed by atoms with Crippen molar-refractivity contribution in [1.82, 2.24) is 20.1 Å². The minimum Gasteiger partial charge on any atom is -0.444 e. The molecule has 112 valence electrons. The lowest BCUT2D eigenvalue weighted by atomic mass is 10.1. The molecule has 3 heterocycles. The molecule has 1 amide bonds. The molecule has 0 saturated carbocycles. The summed E-state index contributed by atoms with van der Waals surface area (Å²) >= 11 is 3.17. The van der Waals surface area contributed by atoms with Crippen LogP contribution in [0.5, 0.6) is 0 Å². The lowest BCUT2D eigenvalue weighted by Crippen LogP contribution is -2.22. The van der Waals surface area contributed by atoms with Gasteiger partial charge < -0.3 is 9.73 Å². The summed E-state index contributed by atoms with van der Waals surface area (Å²) in [5, 5.41) is 6.94. The third-order valence-electron chi connectivity index (χ3n) is 3.16. The van der Waals surface area contributed by atoms with E-state index < -0.39 is 0 Å². The highest BCUT2D eigenvalue weighted by Gasteiger charge is 2.10. The van der Waals surface area contributed by atoms with Gasteiger partial charge in [-0.3, -0.25) is 14.5 Å². The highest BCUT2D eigenvalue weighted by Crippen LogP contribution is 2.18. The molecule has 0 fully saturated rings. The van der Waals surface area contributed by atoms with Crippen molar-refractivity contribution in [2.75, 3.05) is 0 Å². The fraction of sp³-hybridized carbons (Fsp3) is 0.133. The largest absolute Gasteiger partial charge is 0.444 e. The average Bonchev–Trinajstić information content (AvgIpc) is 3.13. The van der Waals surface area contributed by atoms with Gasteiger partial charge in [0.05, 0.1) is 5.69 Å². The molecule has 7 heteroatoms. The predicted octanol–water partition coefficient (Wildman–Crippen LogP) is 2.77. The van der Waals surface area contributed by atoms with Gasteiger partial charge in [0.1, 0.15) is 0 Å². The van der Waals surface area contributed by atoms with Crippen molar-refractivity contribution >= 4 is 21.8 Å². The van der Waals surface area contributed by atoms with Gasteiger partial charge in [0.25, 0.3) is 5.91 Å². The Labute approximate surface area is 135 Å². The van der Waals surface area contributed by atoms with Crippen molar-refractivity contribution in [3.63, 3.8) is 0 Å². The second-order valence-electron chi connectivity index (χ2n) is 4.71. The van der Waals surface area contributed by atoms with Crippen LogP contribution < -0.4 is 5.32 Å². The van der Waals surface area contributed by atoms with Crippen molar-refractivity contribution in [2.24, 2.45) is 7.05 Å². The first-order valence-corrected chi connectivity index (χ1v) is 7.38. The Bertz CT molecular complexity index is 809. The number of carbonyl (C=O) groups is 1. The van der Waals surface area contributed by atoms with Crippen LogP contribution >= 0.6 is 15.9 Å². The Morgan fingerprint density at radius 1 is 1.36 bits per heavy atom. The highest BCUT2D eigenvalue weighted by atomic mass is 79.9. The summed E-state index contributed by atoms with van der Waals surface area (Å²) in [5.41, 5.74) is 2.82. The van der Waals surface area contributed by atoms with Crippen LogP contribution in [0.4, 0.5) is 0 Å². The molecule has 0 radical (unpaired) electrons. The maximum absolute atomic E-state index is 11.9. The lowest BCUT2D eigenvalue weighted by molar-refractivity contribution is 0.0922. The minimum absolute atomic E-state index is 0.266. The molecule has 0 aliphatic rings. The van der Waals surface area contributed by atoms with E-state index in [0.717, 1.165) is 16.8 Å². The van der Waals surface area contributed by atoms with Crippen molar-refractivity contribution in [3.8, 4) is 11.3 Å². The smallest absolute Gasteiger partial charge is 0.287 e. The molecule has 0 unspecified atom stereocenters. The molecule has 22 heavy (non-hydrogen) atoms. The number of halogens is 1. The Kier molecular flexibility index (Phi) is 4.06. The van der Waals surface area contributed by atoms with E-state index >= 15 is 0 Å². The SMILES string of the molecule is Cn1nccc1-c1cncc(CNC(=O)c2ccc(Br)o2)c1. The molecule has 1 N–H and O–H groups in total. The van der Waals surface area contributed by atoms with Gasteiger partial charge in [0.2, 0.25) is 0 Å². The van der Waals surface area contributed by atoms with Crippen LogP contribution in [0.3, 0.4) is 0 Å². The maximum Gasteiger partial charge on any atom is 0.287 e.